The summed E-state index contributed by atoms with van der Waals surface area (Å²) in [6.07, 6.45) is 22.3. The summed E-state index contributed by atoms with van der Waals surface area (Å²) in [7, 11) is 0. The van der Waals surface area contributed by atoms with Gasteiger partial charge in [-0.25, -0.2) is 0 Å². The van der Waals surface area contributed by atoms with E-state index >= 15 is 0 Å². The van der Waals surface area contributed by atoms with E-state index in [9.17, 15) is 0 Å². The van der Waals surface area contributed by atoms with Crippen molar-refractivity contribution in [2.24, 2.45) is 0 Å². The third kappa shape index (κ3) is 4.26. The van der Waals surface area contributed by atoms with Crippen LogP contribution in [0.3, 0.4) is 0 Å². The smallest absolute Gasteiger partial charge is 0.0639 e. The van der Waals surface area contributed by atoms with Crippen molar-refractivity contribution < 1.29 is 0 Å². The molecular weight excluding hydrogens is 753 g/mol. The van der Waals surface area contributed by atoms with Crippen molar-refractivity contribution in [2.45, 2.75) is 75.0 Å². The zero-order valence-corrected chi connectivity index (χ0v) is 33.6. The fourth-order valence-corrected chi connectivity index (χ4v) is 16.6. The highest BCUT2D eigenvalue weighted by atomic mass is 32.1. The van der Waals surface area contributed by atoms with Gasteiger partial charge in [0.15, 0.2) is 0 Å². The van der Waals surface area contributed by atoms with Crippen LogP contribution in [0.1, 0.15) is 107 Å². The molecule has 6 aliphatic carbocycles. The Labute approximate surface area is 331 Å². The van der Waals surface area contributed by atoms with Gasteiger partial charge in [-0.2, -0.15) is 0 Å². The van der Waals surface area contributed by atoms with Crippen LogP contribution in [0.15, 0.2) is 83.0 Å². The van der Waals surface area contributed by atoms with Gasteiger partial charge in [0.25, 0.3) is 0 Å². The molecule has 6 aliphatic rings. The quantitative estimate of drug-likeness (QED) is 0.129. The second-order valence-corrected chi connectivity index (χ2v) is 19.9. The van der Waals surface area contributed by atoms with Crippen molar-refractivity contribution in [1.82, 2.24) is 0 Å². The van der Waals surface area contributed by atoms with Crippen molar-refractivity contribution in [3.05, 3.63) is 126 Å². The molecule has 0 saturated heterocycles. The van der Waals surface area contributed by atoms with E-state index in [1.807, 2.05) is 22.7 Å². The summed E-state index contributed by atoms with van der Waals surface area (Å²) in [5, 5.41) is 0. The molecule has 0 atom stereocenters. The number of hydrogen-bond donors (Lipinski definition) is 0. The van der Waals surface area contributed by atoms with Gasteiger partial charge >= 0.3 is 0 Å². The van der Waals surface area contributed by atoms with E-state index in [0.29, 0.717) is 0 Å². The van der Waals surface area contributed by atoms with E-state index in [4.69, 9.17) is 48.9 Å². The van der Waals surface area contributed by atoms with Crippen molar-refractivity contribution in [2.75, 3.05) is 0 Å². The van der Waals surface area contributed by atoms with Crippen molar-refractivity contribution in [3.8, 4) is 0 Å². The number of benzene rings is 2. The lowest BCUT2D eigenvalue weighted by Gasteiger charge is -2.37. The topological polar surface area (TPSA) is 0 Å². The molecule has 0 unspecified atom stereocenters. The van der Waals surface area contributed by atoms with Crippen molar-refractivity contribution in [1.29, 1.82) is 0 Å². The van der Waals surface area contributed by atoms with E-state index in [-0.39, 0.29) is 10.8 Å². The molecule has 2 spiro atoms. The summed E-state index contributed by atoms with van der Waals surface area (Å²) in [6, 6.07) is 16.8. The summed E-state index contributed by atoms with van der Waals surface area (Å²) in [6.45, 7) is 0. The van der Waals surface area contributed by atoms with Crippen LogP contribution in [-0.2, 0) is 10.8 Å². The van der Waals surface area contributed by atoms with Gasteiger partial charge in [0.1, 0.15) is 0 Å². The predicted molar refractivity (Wildman–Crippen MR) is 236 cm³/mol. The molecule has 0 radical (unpaired) electrons. The van der Waals surface area contributed by atoms with E-state index in [0.717, 1.165) is 52.9 Å². The van der Waals surface area contributed by atoms with Crippen LogP contribution in [-0.4, -0.2) is 19.5 Å². The first kappa shape index (κ1) is 31.9. The Balaban J connectivity index is 1.05. The first-order valence-electron chi connectivity index (χ1n) is 18.2. The zero-order valence-electron chi connectivity index (χ0n) is 27.9. The van der Waals surface area contributed by atoms with Crippen LogP contribution in [0.4, 0.5) is 0 Å². The van der Waals surface area contributed by atoms with Crippen LogP contribution in [0.5, 0.6) is 0 Å². The van der Waals surface area contributed by atoms with Gasteiger partial charge in [0.2, 0.25) is 0 Å². The molecule has 0 bridgehead atoms. The molecule has 11 rings (SSSR count). The molecule has 7 heteroatoms. The molecule has 2 fully saturated rings. The minimum absolute atomic E-state index is 0.0359. The monoisotopic (exact) mass is 784 g/mol. The molecule has 0 nitrogen and oxygen atoms in total. The fourth-order valence-electron chi connectivity index (χ4n) is 10.3. The average molecular weight is 785 g/mol. The summed E-state index contributed by atoms with van der Waals surface area (Å²) in [5.74, 6) is 0. The lowest BCUT2D eigenvalue weighted by Crippen LogP contribution is -2.29. The zero-order chi connectivity index (χ0) is 34.2. The van der Waals surface area contributed by atoms with Crippen LogP contribution in [0.25, 0.3) is 31.0 Å². The Kier molecular flexibility index (Phi) is 7.15. The summed E-state index contributed by atoms with van der Waals surface area (Å²) in [4.78, 5) is 6.57. The normalized spacial score (nSPS) is 21.2. The van der Waals surface area contributed by atoms with Gasteiger partial charge in [0.05, 0.1) is 38.3 Å². The minimum atomic E-state index is 0.0359. The third-order valence-electron chi connectivity index (χ3n) is 12.7. The molecule has 0 aliphatic heterocycles. The Hall–Kier alpha value is -2.62. The second kappa shape index (κ2) is 11.4. The molecule has 2 saturated carbocycles. The predicted octanol–water partition coefficient (Wildman–Crippen LogP) is 13.5. The average Bonchev–Trinajstić information content (AvgIpc) is 3.99. The maximum Gasteiger partial charge on any atom is 0.0639 e. The number of fused-ring (bicyclic) bond motifs is 11. The van der Waals surface area contributed by atoms with Crippen molar-refractivity contribution in [3.63, 3.8) is 0 Å². The molecule has 51 heavy (non-hydrogen) atoms. The Morgan fingerprint density at radius 2 is 0.804 bits per heavy atom. The molecule has 250 valence electrons. The first-order valence-corrected chi connectivity index (χ1v) is 22.3. The first-order chi connectivity index (χ1) is 24.9. The third-order valence-corrected chi connectivity index (χ3v) is 18.3. The summed E-state index contributed by atoms with van der Waals surface area (Å²) >= 11 is 30.4. The molecule has 2 aromatic carbocycles. The van der Waals surface area contributed by atoms with Gasteiger partial charge in [-0.1, -0.05) is 136 Å². The maximum absolute atomic E-state index is 6.06. The fraction of sp³-hybridized carbons (Fsp3) is 0.273. The van der Waals surface area contributed by atoms with Crippen molar-refractivity contribution >= 4 is 133 Å². The van der Waals surface area contributed by atoms with E-state index in [1.165, 1.54) is 104 Å². The minimum Gasteiger partial charge on any atom is -0.133 e. The number of thiophene rings is 3. The Morgan fingerprint density at radius 1 is 0.451 bits per heavy atom. The molecule has 3 aromatic heterocycles. The highest BCUT2D eigenvalue weighted by Gasteiger charge is 2.48. The van der Waals surface area contributed by atoms with Gasteiger partial charge in [-0.3, -0.25) is 0 Å². The number of rotatable bonds is 2. The van der Waals surface area contributed by atoms with Gasteiger partial charge in [0, 0.05) is 54.0 Å². The van der Waals surface area contributed by atoms with E-state index in [1.54, 1.807) is 11.1 Å². The highest BCUT2D eigenvalue weighted by molar-refractivity contribution is 7.84. The van der Waals surface area contributed by atoms with E-state index in [2.05, 4.69) is 84.2 Å². The Bertz CT molecular complexity index is 2360. The highest BCUT2D eigenvalue weighted by Crippen LogP contribution is 2.63. The van der Waals surface area contributed by atoms with Crippen LogP contribution in [0.2, 0.25) is 0 Å². The van der Waals surface area contributed by atoms with Gasteiger partial charge in [-0.05, 0) is 72.3 Å². The van der Waals surface area contributed by atoms with Gasteiger partial charge < -0.3 is 0 Å². The molecule has 0 amide bonds. The van der Waals surface area contributed by atoms with Crippen LogP contribution >= 0.6 is 82.9 Å². The second-order valence-electron chi connectivity index (χ2n) is 15.1. The van der Waals surface area contributed by atoms with Gasteiger partial charge in [-0.15, -0.1) is 34.0 Å². The van der Waals surface area contributed by atoms with Crippen LogP contribution in [0, 0.1) is 0 Å². The lowest BCUT2D eigenvalue weighted by atomic mass is 9.67. The standard InChI is InChI=1S/C44H32S7/c45-35-25-11-3-4-12-26(25)36(46)29(35)19-23-21-31-33(43(23)15-7-1-8-16-43)39-41(49-31)42-40(51-39)34-32(50-42)22-24(44(34)17-9-2-10-18-44)20-30-37(47)27-13-5-6-14-28(27)38(30)48/h3-6,11-14,19-22H,1-2,7-10,15-18H2. The Morgan fingerprint density at radius 3 is 1.16 bits per heavy atom. The largest absolute Gasteiger partial charge is 0.133 e. The molecule has 3 heterocycles. The maximum atomic E-state index is 6.06. The SMILES string of the molecule is S=C1C(=CC2=Cc3sc4c(sc5c6c(sc54)C=C(C=C4C(=S)c5ccccc5C4=S)C64CCCCC4)c3C23CCCCC3)C(=S)c2ccccc21. The summed E-state index contributed by atoms with van der Waals surface area (Å²) in [5.41, 5.74) is 12.8. The number of thiocarbonyl (C=S) groups is 4. The lowest BCUT2D eigenvalue weighted by molar-refractivity contribution is 0.353. The summed E-state index contributed by atoms with van der Waals surface area (Å²) < 4.78 is 6.10. The molecule has 5 aromatic rings. The number of allylic oxidation sites excluding steroid dienone is 6. The molecule has 0 N–H and O–H groups in total. The van der Waals surface area contributed by atoms with Crippen LogP contribution < -0.4 is 0 Å². The number of hydrogen-bond acceptors (Lipinski definition) is 7. The van der Waals surface area contributed by atoms with E-state index < -0.39 is 0 Å². The molecular formula is C44H32S7.